The highest BCUT2D eigenvalue weighted by Crippen LogP contribution is 2.43. The monoisotopic (exact) mass is 504 g/mol. The van der Waals surface area contributed by atoms with Gasteiger partial charge in [-0.15, -0.1) is 0 Å². The van der Waals surface area contributed by atoms with Crippen LogP contribution in [-0.4, -0.2) is 38.0 Å². The van der Waals surface area contributed by atoms with Gasteiger partial charge in [-0.25, -0.2) is 0 Å². The summed E-state index contributed by atoms with van der Waals surface area (Å²) >= 11 is 6.16. The fourth-order valence-electron chi connectivity index (χ4n) is 4.35. The molecule has 1 aliphatic rings. The zero-order valence-corrected chi connectivity index (χ0v) is 21.7. The quantitative estimate of drug-likeness (QED) is 0.247. The largest absolute Gasteiger partial charge is 0.507 e. The Kier molecular flexibility index (Phi) is 7.09. The Morgan fingerprint density at radius 3 is 2.19 bits per heavy atom. The van der Waals surface area contributed by atoms with Gasteiger partial charge in [0.2, 0.25) is 0 Å². The van der Waals surface area contributed by atoms with Gasteiger partial charge in [-0.05, 0) is 59.5 Å². The maximum absolute atomic E-state index is 13.4. The first-order valence-electron chi connectivity index (χ1n) is 11.7. The van der Waals surface area contributed by atoms with Crippen LogP contribution in [0.25, 0.3) is 5.76 Å². The number of benzene rings is 3. The van der Waals surface area contributed by atoms with Crippen molar-refractivity contribution in [1.82, 2.24) is 0 Å². The number of nitrogens with zero attached hydrogens (tertiary/aromatic N) is 2. The lowest BCUT2D eigenvalue weighted by Crippen LogP contribution is -2.29. The molecule has 0 spiro atoms. The van der Waals surface area contributed by atoms with Gasteiger partial charge in [0.15, 0.2) is 0 Å². The number of Topliss-reactive ketones (excluding diaryl/α,β-unsaturated/α-hetero) is 1. The predicted octanol–water partition coefficient (Wildman–Crippen LogP) is 6.16. The van der Waals surface area contributed by atoms with Crippen LogP contribution < -0.4 is 14.5 Å². The minimum Gasteiger partial charge on any atom is -0.507 e. The Labute approximate surface area is 216 Å². The third kappa shape index (κ3) is 4.56. The zero-order chi connectivity index (χ0) is 26.1. The van der Waals surface area contributed by atoms with Crippen LogP contribution in [0, 0.1) is 0 Å². The molecule has 1 unspecified atom stereocenters. The molecule has 6 nitrogen and oxygen atoms in total. The van der Waals surface area contributed by atoms with Crippen LogP contribution in [0.2, 0.25) is 5.02 Å². The van der Waals surface area contributed by atoms with Crippen LogP contribution >= 0.6 is 11.6 Å². The van der Waals surface area contributed by atoms with Crippen LogP contribution in [0.15, 0.2) is 72.3 Å². The van der Waals surface area contributed by atoms with Crippen molar-refractivity contribution in [3.05, 3.63) is 94.0 Å². The summed E-state index contributed by atoms with van der Waals surface area (Å²) in [5.74, 6) is -1.06. The molecule has 1 heterocycles. The Morgan fingerprint density at radius 2 is 1.64 bits per heavy atom. The van der Waals surface area contributed by atoms with Gasteiger partial charge < -0.3 is 14.7 Å². The van der Waals surface area contributed by atoms with Gasteiger partial charge in [-0.2, -0.15) is 0 Å². The topological polar surface area (TPSA) is 70.1 Å². The highest BCUT2D eigenvalue weighted by atomic mass is 35.5. The Bertz CT molecular complexity index is 1330. The summed E-state index contributed by atoms with van der Waals surface area (Å²) in [4.78, 5) is 30.2. The van der Waals surface area contributed by atoms with E-state index in [4.69, 9.17) is 16.3 Å². The second-order valence-electron chi connectivity index (χ2n) is 9.25. The molecular weight excluding hydrogens is 476 g/mol. The second kappa shape index (κ2) is 10.1. The van der Waals surface area contributed by atoms with Gasteiger partial charge in [-0.1, -0.05) is 49.7 Å². The molecule has 1 saturated heterocycles. The van der Waals surface area contributed by atoms with Gasteiger partial charge in [0, 0.05) is 31.0 Å². The molecule has 4 rings (SSSR count). The molecule has 1 N–H and O–H groups in total. The smallest absolute Gasteiger partial charge is 0.300 e. The highest BCUT2D eigenvalue weighted by molar-refractivity contribution is 6.51. The number of methoxy groups -OCH3 is 1. The van der Waals surface area contributed by atoms with E-state index < -0.39 is 17.7 Å². The van der Waals surface area contributed by atoms with E-state index >= 15 is 0 Å². The van der Waals surface area contributed by atoms with Gasteiger partial charge in [-0.3, -0.25) is 14.5 Å². The Balaban J connectivity index is 1.91. The lowest BCUT2D eigenvalue weighted by Gasteiger charge is -2.26. The molecule has 36 heavy (non-hydrogen) atoms. The molecule has 0 saturated carbocycles. The molecule has 3 aromatic carbocycles. The van der Waals surface area contributed by atoms with Gasteiger partial charge in [0.1, 0.15) is 11.5 Å². The lowest BCUT2D eigenvalue weighted by molar-refractivity contribution is -0.132. The predicted molar refractivity (Wildman–Crippen MR) is 144 cm³/mol. The van der Waals surface area contributed by atoms with Crippen LogP contribution in [0.4, 0.5) is 11.4 Å². The number of aliphatic hydroxyl groups excluding tert-OH is 1. The molecule has 1 aliphatic heterocycles. The summed E-state index contributed by atoms with van der Waals surface area (Å²) in [6.07, 6.45) is 0. The molecule has 3 aromatic rings. The van der Waals surface area contributed by atoms with E-state index in [1.807, 2.05) is 55.4 Å². The number of carbonyl (C=O) groups is 2. The third-order valence-electron chi connectivity index (χ3n) is 6.43. The SMILES string of the molecule is COc1cc(/C(O)=C2/C(=O)C(=O)N(c3ccc(N(C)C)cc3)C2c2ccc(C(C)C)cc2)ccc1Cl. The summed E-state index contributed by atoms with van der Waals surface area (Å²) in [6.45, 7) is 4.20. The van der Waals surface area contributed by atoms with Crippen LogP contribution in [0.3, 0.4) is 0 Å². The third-order valence-corrected chi connectivity index (χ3v) is 6.74. The number of rotatable bonds is 6. The average molecular weight is 505 g/mol. The van der Waals surface area contributed by atoms with Crippen molar-refractivity contribution in [1.29, 1.82) is 0 Å². The average Bonchev–Trinajstić information content (AvgIpc) is 3.14. The number of halogens is 1. The molecule has 1 amide bonds. The molecule has 0 aliphatic carbocycles. The summed E-state index contributed by atoms with van der Waals surface area (Å²) in [5, 5.41) is 11.7. The number of hydrogen-bond donors (Lipinski definition) is 1. The van der Waals surface area contributed by atoms with E-state index in [9.17, 15) is 14.7 Å². The molecule has 1 fully saturated rings. The first kappa shape index (κ1) is 25.3. The molecule has 0 radical (unpaired) electrons. The molecular formula is C29H29ClN2O4. The molecule has 0 bridgehead atoms. The minimum absolute atomic E-state index is 0.0124. The number of ketones is 1. The normalized spacial score (nSPS) is 17.1. The van der Waals surface area contributed by atoms with Crippen molar-refractivity contribution >= 4 is 40.4 Å². The van der Waals surface area contributed by atoms with E-state index in [1.54, 1.807) is 30.3 Å². The van der Waals surface area contributed by atoms with E-state index in [-0.39, 0.29) is 11.3 Å². The van der Waals surface area contributed by atoms with E-state index in [1.165, 1.54) is 12.0 Å². The molecule has 0 aromatic heterocycles. The van der Waals surface area contributed by atoms with E-state index in [0.29, 0.717) is 27.9 Å². The first-order chi connectivity index (χ1) is 17.1. The molecule has 1 atom stereocenters. The fourth-order valence-corrected chi connectivity index (χ4v) is 4.55. The van der Waals surface area contributed by atoms with Gasteiger partial charge in [0.05, 0.1) is 23.7 Å². The minimum atomic E-state index is -0.807. The Morgan fingerprint density at radius 1 is 1.00 bits per heavy atom. The maximum Gasteiger partial charge on any atom is 0.300 e. The molecule has 7 heteroatoms. The van der Waals surface area contributed by atoms with Crippen molar-refractivity contribution < 1.29 is 19.4 Å². The van der Waals surface area contributed by atoms with E-state index in [0.717, 1.165) is 16.8 Å². The van der Waals surface area contributed by atoms with Crippen molar-refractivity contribution in [2.24, 2.45) is 0 Å². The second-order valence-corrected chi connectivity index (χ2v) is 9.66. The number of amides is 1. The lowest BCUT2D eigenvalue weighted by atomic mass is 9.93. The van der Waals surface area contributed by atoms with Crippen molar-refractivity contribution in [2.75, 3.05) is 31.0 Å². The summed E-state index contributed by atoms with van der Waals surface area (Å²) < 4.78 is 5.28. The number of anilines is 2. The van der Waals surface area contributed by atoms with Crippen molar-refractivity contribution in [2.45, 2.75) is 25.8 Å². The zero-order valence-electron chi connectivity index (χ0n) is 20.9. The number of carbonyl (C=O) groups excluding carboxylic acids is 2. The fraction of sp³-hybridized carbons (Fsp3) is 0.241. The van der Waals surface area contributed by atoms with Gasteiger partial charge >= 0.3 is 0 Å². The van der Waals surface area contributed by atoms with Crippen molar-refractivity contribution in [3.8, 4) is 5.75 Å². The van der Waals surface area contributed by atoms with E-state index in [2.05, 4.69) is 13.8 Å². The Hall–Kier alpha value is -3.77. The molecule has 186 valence electrons. The first-order valence-corrected chi connectivity index (χ1v) is 12.0. The van der Waals surface area contributed by atoms with Crippen LogP contribution in [0.5, 0.6) is 5.75 Å². The van der Waals surface area contributed by atoms with Crippen molar-refractivity contribution in [3.63, 3.8) is 0 Å². The van der Waals surface area contributed by atoms with Crippen LogP contribution in [0.1, 0.15) is 42.5 Å². The summed E-state index contributed by atoms with van der Waals surface area (Å²) in [6, 6.07) is 19.1. The number of ether oxygens (including phenoxy) is 1. The summed E-state index contributed by atoms with van der Waals surface area (Å²) in [7, 11) is 5.33. The highest BCUT2D eigenvalue weighted by Gasteiger charge is 2.47. The maximum atomic E-state index is 13.4. The number of aliphatic hydroxyl groups is 1. The van der Waals surface area contributed by atoms with Gasteiger partial charge in [0.25, 0.3) is 11.7 Å². The standard InChI is InChI=1S/C29H29ClN2O4/c1-17(2)18-6-8-19(9-7-18)26-25(27(33)20-10-15-23(30)24(16-20)36-5)28(34)29(35)32(26)22-13-11-21(12-14-22)31(3)4/h6-17,26,33H,1-5H3/b27-25-. The number of hydrogen-bond acceptors (Lipinski definition) is 5. The van der Waals surface area contributed by atoms with Crippen LogP contribution in [-0.2, 0) is 9.59 Å². The summed E-state index contributed by atoms with van der Waals surface area (Å²) in [5.41, 5.74) is 3.72.